The van der Waals surface area contributed by atoms with Crippen molar-refractivity contribution in [3.63, 3.8) is 0 Å². The first-order valence-electron chi connectivity index (χ1n) is 6.87. The smallest absolute Gasteiger partial charge is 0.381 e. The van der Waals surface area contributed by atoms with E-state index >= 15 is 0 Å². The van der Waals surface area contributed by atoms with Crippen LogP contribution in [0.1, 0.15) is 5.56 Å². The largest absolute Gasteiger partial charge is 0.423 e. The average molecular weight is 349 g/mol. The zero-order chi connectivity index (χ0) is 18.4. The van der Waals surface area contributed by atoms with Crippen molar-refractivity contribution >= 4 is 28.4 Å². The summed E-state index contributed by atoms with van der Waals surface area (Å²) in [5.74, 6) is -0.479. The number of nitrogens with two attached hydrogens (primary N) is 2. The molecule has 0 saturated carbocycles. The highest BCUT2D eigenvalue weighted by Gasteiger charge is 2.41. The topological polar surface area (TPSA) is 121 Å². The fourth-order valence-corrected chi connectivity index (χ4v) is 2.50. The Morgan fingerprint density at radius 3 is 2.20 bits per heavy atom. The molecule has 2 aromatic carbocycles. The van der Waals surface area contributed by atoms with Crippen molar-refractivity contribution in [3.8, 4) is 11.1 Å². The fraction of sp³-hybridized carbons (Fsp3) is 0.0667. The summed E-state index contributed by atoms with van der Waals surface area (Å²) in [5.41, 5.74) is 8.09. The van der Waals surface area contributed by atoms with Gasteiger partial charge in [0.2, 0.25) is 0 Å². The van der Waals surface area contributed by atoms with Gasteiger partial charge in [0, 0.05) is 0 Å². The van der Waals surface area contributed by atoms with Gasteiger partial charge in [-0.15, -0.1) is 0 Å². The number of rotatable bonds is 2. The Balaban J connectivity index is 2.57. The van der Waals surface area contributed by atoms with Crippen LogP contribution in [0.25, 0.3) is 22.2 Å². The molecular weight excluding hydrogens is 339 g/mol. The third kappa shape index (κ3) is 2.77. The van der Waals surface area contributed by atoms with E-state index < -0.39 is 22.4 Å². The van der Waals surface area contributed by atoms with Gasteiger partial charge in [0.05, 0.1) is 16.0 Å². The number of hydrogen-bond donors (Lipinski definition) is 2. The maximum absolute atomic E-state index is 13.4. The zero-order valence-corrected chi connectivity index (χ0v) is 12.4. The van der Waals surface area contributed by atoms with E-state index in [4.69, 9.17) is 11.5 Å². The summed E-state index contributed by atoms with van der Waals surface area (Å²) in [4.78, 5) is 18.1. The van der Waals surface area contributed by atoms with Gasteiger partial charge in [0.1, 0.15) is 11.1 Å². The van der Waals surface area contributed by atoms with Crippen LogP contribution in [0.5, 0.6) is 0 Å². The van der Waals surface area contributed by atoms with Crippen LogP contribution in [-0.2, 0) is 6.18 Å². The Morgan fingerprint density at radius 1 is 1.04 bits per heavy atom. The average Bonchev–Trinajstić information content (AvgIpc) is 2.54. The van der Waals surface area contributed by atoms with Crippen molar-refractivity contribution in [3.05, 3.63) is 52.1 Å². The summed E-state index contributed by atoms with van der Waals surface area (Å²) in [5, 5.41) is 11.5. The highest BCUT2D eigenvalue weighted by molar-refractivity contribution is 5.99. The monoisotopic (exact) mass is 349 g/mol. The van der Waals surface area contributed by atoms with Crippen LogP contribution < -0.4 is 11.5 Å². The molecule has 1 heterocycles. The van der Waals surface area contributed by atoms with Gasteiger partial charge in [0.25, 0.3) is 5.69 Å². The minimum Gasteiger partial charge on any atom is -0.381 e. The van der Waals surface area contributed by atoms with E-state index in [2.05, 4.69) is 9.97 Å². The first-order valence-corrected chi connectivity index (χ1v) is 6.87. The molecule has 0 spiro atoms. The first kappa shape index (κ1) is 16.4. The van der Waals surface area contributed by atoms with E-state index in [9.17, 15) is 23.3 Å². The Labute approximate surface area is 138 Å². The molecule has 0 aliphatic rings. The van der Waals surface area contributed by atoms with Gasteiger partial charge in [-0.05, 0) is 11.6 Å². The Kier molecular flexibility index (Phi) is 3.67. The summed E-state index contributed by atoms with van der Waals surface area (Å²) < 4.78 is 40.2. The summed E-state index contributed by atoms with van der Waals surface area (Å²) in [6, 6.07) is 8.15. The number of nitro groups is 1. The highest BCUT2D eigenvalue weighted by Crippen LogP contribution is 2.45. The van der Waals surface area contributed by atoms with E-state index in [1.807, 2.05) is 0 Å². The summed E-state index contributed by atoms with van der Waals surface area (Å²) >= 11 is 0. The van der Waals surface area contributed by atoms with Gasteiger partial charge in [-0.25, -0.2) is 9.97 Å². The Morgan fingerprint density at radius 2 is 1.64 bits per heavy atom. The molecule has 0 aliphatic heterocycles. The van der Waals surface area contributed by atoms with Crippen LogP contribution in [0, 0.1) is 10.1 Å². The van der Waals surface area contributed by atoms with E-state index in [0.717, 1.165) is 0 Å². The zero-order valence-electron chi connectivity index (χ0n) is 12.4. The van der Waals surface area contributed by atoms with Gasteiger partial charge < -0.3 is 11.5 Å². The summed E-state index contributed by atoms with van der Waals surface area (Å²) in [7, 11) is 0. The molecule has 0 aliphatic carbocycles. The summed E-state index contributed by atoms with van der Waals surface area (Å²) in [6.45, 7) is 0. The second-order valence-corrected chi connectivity index (χ2v) is 5.13. The molecule has 3 rings (SSSR count). The number of anilines is 2. The first-order chi connectivity index (χ1) is 11.7. The van der Waals surface area contributed by atoms with Crippen molar-refractivity contribution in [2.24, 2.45) is 0 Å². The molecule has 0 bridgehead atoms. The quantitative estimate of drug-likeness (QED) is 0.540. The SMILES string of the molecule is Nc1nc2cc(C(F)(F)F)c([N+](=O)[O-])c(-c3ccccc3)c2nc1N. The van der Waals surface area contributed by atoms with Crippen molar-refractivity contribution in [2.45, 2.75) is 6.18 Å². The maximum atomic E-state index is 13.4. The van der Waals surface area contributed by atoms with Gasteiger partial charge >= 0.3 is 6.18 Å². The second-order valence-electron chi connectivity index (χ2n) is 5.13. The number of fused-ring (bicyclic) bond motifs is 1. The fourth-order valence-electron chi connectivity index (χ4n) is 2.50. The molecule has 0 atom stereocenters. The van der Waals surface area contributed by atoms with Crippen LogP contribution in [0.3, 0.4) is 0 Å². The molecule has 0 radical (unpaired) electrons. The number of benzene rings is 2. The van der Waals surface area contributed by atoms with E-state index in [0.29, 0.717) is 6.07 Å². The number of hydrogen-bond acceptors (Lipinski definition) is 6. The lowest BCUT2D eigenvalue weighted by Gasteiger charge is -2.14. The molecule has 3 aromatic rings. The van der Waals surface area contributed by atoms with Gasteiger partial charge in [-0.3, -0.25) is 10.1 Å². The van der Waals surface area contributed by atoms with Crippen molar-refractivity contribution in [1.82, 2.24) is 9.97 Å². The van der Waals surface area contributed by atoms with Crippen molar-refractivity contribution in [1.29, 1.82) is 0 Å². The molecule has 10 heteroatoms. The third-order valence-corrected chi connectivity index (χ3v) is 3.54. The lowest BCUT2D eigenvalue weighted by atomic mass is 9.97. The van der Waals surface area contributed by atoms with Gasteiger partial charge in [-0.2, -0.15) is 13.2 Å². The van der Waals surface area contributed by atoms with E-state index in [-0.39, 0.29) is 33.8 Å². The van der Waals surface area contributed by atoms with Crippen molar-refractivity contribution < 1.29 is 18.1 Å². The molecule has 128 valence electrons. The molecular formula is C15H10F3N5O2. The Hall–Kier alpha value is -3.43. The number of aromatic nitrogens is 2. The molecule has 4 N–H and O–H groups in total. The van der Waals surface area contributed by atoms with E-state index in [1.54, 1.807) is 18.2 Å². The maximum Gasteiger partial charge on any atom is 0.423 e. The van der Waals surface area contributed by atoms with Crippen LogP contribution in [-0.4, -0.2) is 14.9 Å². The summed E-state index contributed by atoms with van der Waals surface area (Å²) in [6.07, 6.45) is -4.96. The molecule has 0 unspecified atom stereocenters. The molecule has 0 saturated heterocycles. The number of nitro benzene ring substituents is 1. The van der Waals surface area contributed by atoms with E-state index in [1.165, 1.54) is 12.1 Å². The second kappa shape index (κ2) is 5.58. The highest BCUT2D eigenvalue weighted by atomic mass is 19.4. The van der Waals surface area contributed by atoms with Crippen LogP contribution in [0.4, 0.5) is 30.5 Å². The third-order valence-electron chi connectivity index (χ3n) is 3.54. The molecule has 25 heavy (non-hydrogen) atoms. The number of alkyl halides is 3. The lowest BCUT2D eigenvalue weighted by molar-refractivity contribution is -0.387. The predicted octanol–water partition coefficient (Wildman–Crippen LogP) is 3.39. The molecule has 0 amide bonds. The molecule has 1 aromatic heterocycles. The lowest BCUT2D eigenvalue weighted by Crippen LogP contribution is -2.12. The normalized spacial score (nSPS) is 11.6. The predicted molar refractivity (Wildman–Crippen MR) is 85.5 cm³/mol. The molecule has 7 nitrogen and oxygen atoms in total. The van der Waals surface area contributed by atoms with Crippen molar-refractivity contribution in [2.75, 3.05) is 11.5 Å². The Bertz CT molecular complexity index is 990. The standard InChI is InChI=1S/C15H10F3N5O2/c16-15(17,18)8-6-9-11(22-14(20)13(19)21-9)10(12(8)23(24)25)7-4-2-1-3-5-7/h1-6H,(H2,19,21)(H2,20,22). The number of nitrogens with zero attached hydrogens (tertiary/aromatic N) is 3. The van der Waals surface area contributed by atoms with Gasteiger partial charge in [-0.1, -0.05) is 30.3 Å². The minimum atomic E-state index is -4.96. The number of nitrogen functional groups attached to an aromatic ring is 2. The molecule has 0 fully saturated rings. The number of halogens is 3. The minimum absolute atomic E-state index is 0.127. The van der Waals surface area contributed by atoms with Crippen LogP contribution in [0.15, 0.2) is 36.4 Å². The van der Waals surface area contributed by atoms with Crippen LogP contribution in [0.2, 0.25) is 0 Å². The van der Waals surface area contributed by atoms with Gasteiger partial charge in [0.15, 0.2) is 11.6 Å². The van der Waals surface area contributed by atoms with Crippen LogP contribution >= 0.6 is 0 Å².